The molecule has 0 radical (unpaired) electrons. The molecule has 1 aliphatic rings. The lowest BCUT2D eigenvalue weighted by Gasteiger charge is -2.41. The summed E-state index contributed by atoms with van der Waals surface area (Å²) in [5, 5.41) is 4.59. The molecule has 2 aromatic carbocycles. The summed E-state index contributed by atoms with van der Waals surface area (Å²) in [4.78, 5) is 40.1. The minimum atomic E-state index is -5.14. The predicted molar refractivity (Wildman–Crippen MR) is 138 cm³/mol. The number of carbonyl (C=O) groups excluding carboxylic acids is 3. The lowest BCUT2D eigenvalue weighted by Crippen LogP contribution is -2.62. The van der Waals surface area contributed by atoms with Crippen molar-refractivity contribution in [2.75, 3.05) is 18.4 Å². The number of nitrogens with zero attached hydrogens (tertiary/aromatic N) is 1. The fourth-order valence-electron chi connectivity index (χ4n) is 4.11. The van der Waals surface area contributed by atoms with Gasteiger partial charge in [0.1, 0.15) is 17.0 Å². The summed E-state index contributed by atoms with van der Waals surface area (Å²) in [6, 6.07) is 5.71. The van der Waals surface area contributed by atoms with Gasteiger partial charge in [0.25, 0.3) is 0 Å². The van der Waals surface area contributed by atoms with Crippen LogP contribution in [0, 0.1) is 5.82 Å². The van der Waals surface area contributed by atoms with Crippen molar-refractivity contribution in [2.45, 2.75) is 57.1 Å². The highest BCUT2D eigenvalue weighted by atomic mass is 19.4. The van der Waals surface area contributed by atoms with Crippen molar-refractivity contribution in [3.63, 3.8) is 0 Å². The van der Waals surface area contributed by atoms with Gasteiger partial charge in [0.05, 0.1) is 11.1 Å². The van der Waals surface area contributed by atoms with Gasteiger partial charge < -0.3 is 20.3 Å². The number of likely N-dealkylation sites (tertiary alicyclic amines) is 1. The summed E-state index contributed by atoms with van der Waals surface area (Å²) in [7, 11) is 0. The van der Waals surface area contributed by atoms with Gasteiger partial charge in [-0.05, 0) is 75.6 Å². The number of piperidine rings is 1. The van der Waals surface area contributed by atoms with Crippen LogP contribution in [-0.4, -0.2) is 47.0 Å². The van der Waals surface area contributed by atoms with Crippen molar-refractivity contribution >= 4 is 29.7 Å². The van der Waals surface area contributed by atoms with E-state index in [-0.39, 0.29) is 32.0 Å². The van der Waals surface area contributed by atoms with Crippen molar-refractivity contribution < 1.29 is 49.9 Å². The number of rotatable bonds is 5. The van der Waals surface area contributed by atoms with Gasteiger partial charge in [-0.1, -0.05) is 12.1 Å². The lowest BCUT2D eigenvalue weighted by atomic mass is 9.86. The van der Waals surface area contributed by atoms with Crippen LogP contribution in [0.4, 0.5) is 41.2 Å². The highest BCUT2D eigenvalue weighted by Crippen LogP contribution is 2.38. The van der Waals surface area contributed by atoms with E-state index in [1.165, 1.54) is 23.1 Å². The third kappa shape index (κ3) is 8.70. The molecule has 0 saturated carbocycles. The minimum absolute atomic E-state index is 0.0766. The van der Waals surface area contributed by atoms with Crippen LogP contribution in [0.1, 0.15) is 50.3 Å². The summed E-state index contributed by atoms with van der Waals surface area (Å²) in [6.07, 6.45) is -9.11. The van der Waals surface area contributed by atoms with Crippen LogP contribution < -0.4 is 10.6 Å². The Hall–Kier alpha value is -4.10. The lowest BCUT2D eigenvalue weighted by molar-refractivity contribution is -0.143. The van der Waals surface area contributed by atoms with E-state index in [4.69, 9.17) is 4.74 Å². The SMILES string of the molecule is CC(C)(C)OC(=O)N1CCC(NC(=O)C=Cc2ccc(F)cc2)(C(=O)Nc2cc(C(F)(F)F)cc(C(F)(F)F)c2)CC1. The Morgan fingerprint density at radius 3 is 1.88 bits per heavy atom. The Morgan fingerprint density at radius 2 is 1.40 bits per heavy atom. The largest absolute Gasteiger partial charge is 0.444 e. The first-order chi connectivity index (χ1) is 19.3. The van der Waals surface area contributed by atoms with E-state index in [0.29, 0.717) is 17.7 Å². The van der Waals surface area contributed by atoms with Crippen LogP contribution in [0.25, 0.3) is 6.08 Å². The maximum absolute atomic E-state index is 13.5. The summed E-state index contributed by atoms with van der Waals surface area (Å²) in [6.45, 7) is 4.68. The van der Waals surface area contributed by atoms with Crippen molar-refractivity contribution in [3.05, 3.63) is 71.0 Å². The number of carbonyl (C=O) groups is 3. The minimum Gasteiger partial charge on any atom is -0.444 e. The number of benzene rings is 2. The maximum Gasteiger partial charge on any atom is 0.416 e. The Balaban J connectivity index is 1.90. The molecule has 2 aromatic rings. The van der Waals surface area contributed by atoms with Gasteiger partial charge in [-0.3, -0.25) is 9.59 Å². The standard InChI is InChI=1S/C28H28F7N3O4/c1-25(2,3)42-24(41)38-12-10-26(11-13-38,37-22(39)9-6-17-4-7-20(29)8-5-17)23(40)36-21-15-18(27(30,31)32)14-19(16-21)28(33,34)35/h4-9,14-16H,10-13H2,1-3H3,(H,36,40)(H,37,39). The van der Waals surface area contributed by atoms with E-state index in [9.17, 15) is 45.1 Å². The monoisotopic (exact) mass is 603 g/mol. The Kier molecular flexibility index (Phi) is 9.28. The summed E-state index contributed by atoms with van der Waals surface area (Å²) in [5.41, 5.74) is -6.27. The molecule has 0 bridgehead atoms. The molecule has 0 aliphatic carbocycles. The average molecular weight is 604 g/mol. The highest BCUT2D eigenvalue weighted by Gasteiger charge is 2.45. The van der Waals surface area contributed by atoms with E-state index < -0.39 is 64.0 Å². The first-order valence-corrected chi connectivity index (χ1v) is 12.6. The second-order valence-electron chi connectivity index (χ2n) is 10.7. The second-order valence-corrected chi connectivity index (χ2v) is 10.7. The third-order valence-corrected chi connectivity index (χ3v) is 6.21. The Morgan fingerprint density at radius 1 is 0.881 bits per heavy atom. The zero-order valence-electron chi connectivity index (χ0n) is 22.8. The van der Waals surface area contributed by atoms with Gasteiger partial charge in [0.2, 0.25) is 11.8 Å². The van der Waals surface area contributed by atoms with Gasteiger partial charge in [-0.25, -0.2) is 9.18 Å². The second kappa shape index (κ2) is 12.0. The van der Waals surface area contributed by atoms with Gasteiger partial charge in [0.15, 0.2) is 0 Å². The number of halogens is 7. The van der Waals surface area contributed by atoms with Gasteiger partial charge in [-0.15, -0.1) is 0 Å². The first-order valence-electron chi connectivity index (χ1n) is 12.6. The van der Waals surface area contributed by atoms with Gasteiger partial charge in [0, 0.05) is 24.9 Å². The molecular weight excluding hydrogens is 575 g/mol. The topological polar surface area (TPSA) is 87.7 Å². The molecule has 0 spiro atoms. The molecule has 1 fully saturated rings. The number of nitrogens with one attached hydrogen (secondary N) is 2. The van der Waals surface area contributed by atoms with E-state index >= 15 is 0 Å². The Bertz CT molecular complexity index is 1310. The van der Waals surface area contributed by atoms with E-state index in [2.05, 4.69) is 10.6 Å². The fraction of sp³-hybridized carbons (Fsp3) is 0.393. The van der Waals surface area contributed by atoms with Crippen molar-refractivity contribution in [2.24, 2.45) is 0 Å². The van der Waals surface area contributed by atoms with Crippen LogP contribution in [0.3, 0.4) is 0 Å². The third-order valence-electron chi connectivity index (χ3n) is 6.21. The van der Waals surface area contributed by atoms with Crippen LogP contribution in [0.2, 0.25) is 0 Å². The summed E-state index contributed by atoms with van der Waals surface area (Å²) in [5.74, 6) is -2.41. The molecule has 1 saturated heterocycles. The van der Waals surface area contributed by atoms with Gasteiger partial charge >= 0.3 is 18.4 Å². The molecular formula is C28H28F7N3O4. The zero-order valence-corrected chi connectivity index (χ0v) is 22.8. The molecule has 0 aromatic heterocycles. The van der Waals surface area contributed by atoms with Crippen LogP contribution in [0.5, 0.6) is 0 Å². The summed E-state index contributed by atoms with van der Waals surface area (Å²) < 4.78 is 98.5. The molecule has 1 heterocycles. The molecule has 0 atom stereocenters. The van der Waals surface area contributed by atoms with E-state index in [0.717, 1.165) is 18.2 Å². The smallest absolute Gasteiger partial charge is 0.416 e. The molecule has 0 unspecified atom stereocenters. The molecule has 14 heteroatoms. The molecule has 42 heavy (non-hydrogen) atoms. The van der Waals surface area contributed by atoms with E-state index in [1.807, 2.05) is 0 Å². The molecule has 228 valence electrons. The fourth-order valence-corrected chi connectivity index (χ4v) is 4.11. The molecule has 2 N–H and O–H groups in total. The molecule has 7 nitrogen and oxygen atoms in total. The number of ether oxygens (including phenoxy) is 1. The molecule has 3 rings (SSSR count). The number of hydrogen-bond donors (Lipinski definition) is 2. The predicted octanol–water partition coefficient (Wildman–Crippen LogP) is 6.40. The Labute approximate surface area is 236 Å². The first kappa shape index (κ1) is 32.4. The normalized spacial score (nSPS) is 15.8. The number of amides is 3. The van der Waals surface area contributed by atoms with Crippen LogP contribution in [0.15, 0.2) is 48.5 Å². The van der Waals surface area contributed by atoms with E-state index in [1.54, 1.807) is 20.8 Å². The molecule has 3 amide bonds. The number of alkyl halides is 6. The highest BCUT2D eigenvalue weighted by molar-refractivity contribution is 6.03. The number of anilines is 1. The maximum atomic E-state index is 13.5. The molecule has 1 aliphatic heterocycles. The van der Waals surface area contributed by atoms with Crippen molar-refractivity contribution in [1.29, 1.82) is 0 Å². The number of hydrogen-bond acceptors (Lipinski definition) is 4. The zero-order chi connectivity index (χ0) is 31.5. The average Bonchev–Trinajstić information content (AvgIpc) is 2.86. The van der Waals surface area contributed by atoms with Crippen LogP contribution >= 0.6 is 0 Å². The van der Waals surface area contributed by atoms with Gasteiger partial charge in [-0.2, -0.15) is 26.3 Å². The summed E-state index contributed by atoms with van der Waals surface area (Å²) >= 11 is 0. The van der Waals surface area contributed by atoms with Crippen LogP contribution in [-0.2, 0) is 26.7 Å². The van der Waals surface area contributed by atoms with Crippen molar-refractivity contribution in [1.82, 2.24) is 10.2 Å². The van der Waals surface area contributed by atoms with Crippen molar-refractivity contribution in [3.8, 4) is 0 Å². The quantitative estimate of drug-likeness (QED) is 0.306.